The summed E-state index contributed by atoms with van der Waals surface area (Å²) in [4.78, 5) is 18.6. The van der Waals surface area contributed by atoms with Crippen LogP contribution in [0, 0.1) is 0 Å². The molecule has 1 unspecified atom stereocenters. The van der Waals surface area contributed by atoms with Gasteiger partial charge in [0.2, 0.25) is 5.91 Å². The van der Waals surface area contributed by atoms with Crippen molar-refractivity contribution in [3.63, 3.8) is 0 Å². The highest BCUT2D eigenvalue weighted by molar-refractivity contribution is 5.95. The molecule has 1 aromatic carbocycles. The van der Waals surface area contributed by atoms with Gasteiger partial charge in [0.15, 0.2) is 0 Å². The summed E-state index contributed by atoms with van der Waals surface area (Å²) < 4.78 is 5.85. The molecule has 2 heterocycles. The van der Waals surface area contributed by atoms with E-state index in [2.05, 4.69) is 16.7 Å². The predicted molar refractivity (Wildman–Crippen MR) is 96.7 cm³/mol. The molecule has 1 atom stereocenters. The summed E-state index contributed by atoms with van der Waals surface area (Å²) in [6.45, 7) is 7.57. The van der Waals surface area contributed by atoms with Crippen LogP contribution in [0.5, 0.6) is 5.75 Å². The Bertz CT molecular complexity index is 546. The molecule has 0 bridgehead atoms. The number of amides is 1. The molecule has 1 amide bonds. The van der Waals surface area contributed by atoms with Crippen molar-refractivity contribution in [3.05, 3.63) is 24.3 Å². The molecule has 0 spiro atoms. The Morgan fingerprint density at radius 3 is 2.62 bits per heavy atom. The van der Waals surface area contributed by atoms with E-state index in [1.165, 1.54) is 19.4 Å². The van der Waals surface area contributed by atoms with Crippen LogP contribution in [0.3, 0.4) is 0 Å². The summed E-state index contributed by atoms with van der Waals surface area (Å²) in [6.07, 6.45) is 3.71. The van der Waals surface area contributed by atoms with Crippen LogP contribution in [0.1, 0.15) is 26.2 Å². The van der Waals surface area contributed by atoms with Crippen molar-refractivity contribution < 1.29 is 9.53 Å². The standard InChI is InChI=1S/C19H29N3O2/c1-16-5-3-10-21(16)11-4-14-24-18-8-6-17(7-9-18)22-13-12-20(2)15-19(22)23/h6-9,16H,3-5,10-15H2,1-2H3. The number of ether oxygens (including phenoxy) is 1. The van der Waals surface area contributed by atoms with Gasteiger partial charge in [-0.2, -0.15) is 0 Å². The van der Waals surface area contributed by atoms with Crippen molar-refractivity contribution in [3.8, 4) is 5.75 Å². The second-order valence-electron chi connectivity index (χ2n) is 7.01. The molecule has 0 radical (unpaired) electrons. The number of carbonyl (C=O) groups is 1. The van der Waals surface area contributed by atoms with Gasteiger partial charge in [0.25, 0.3) is 0 Å². The summed E-state index contributed by atoms with van der Waals surface area (Å²) in [5.41, 5.74) is 0.964. The SMILES string of the molecule is CC1CCCN1CCCOc1ccc(N2CCN(C)CC2=O)cc1. The Morgan fingerprint density at radius 2 is 1.96 bits per heavy atom. The Morgan fingerprint density at radius 1 is 1.17 bits per heavy atom. The van der Waals surface area contributed by atoms with Gasteiger partial charge in [0.1, 0.15) is 5.75 Å². The van der Waals surface area contributed by atoms with Crippen LogP contribution >= 0.6 is 0 Å². The monoisotopic (exact) mass is 331 g/mol. The zero-order valence-corrected chi connectivity index (χ0v) is 14.9. The molecule has 3 rings (SSSR count). The van der Waals surface area contributed by atoms with Crippen LogP contribution in [0.25, 0.3) is 0 Å². The third-order valence-corrected chi connectivity index (χ3v) is 5.11. The van der Waals surface area contributed by atoms with Crippen molar-refractivity contribution in [1.82, 2.24) is 9.80 Å². The van der Waals surface area contributed by atoms with Gasteiger partial charge in [0, 0.05) is 31.4 Å². The average Bonchev–Trinajstić information content (AvgIpc) is 2.98. The number of hydrogen-bond donors (Lipinski definition) is 0. The van der Waals surface area contributed by atoms with Crippen LogP contribution in [0.2, 0.25) is 0 Å². The summed E-state index contributed by atoms with van der Waals surface area (Å²) in [5, 5.41) is 0. The van der Waals surface area contributed by atoms with Crippen molar-refractivity contribution >= 4 is 11.6 Å². The van der Waals surface area contributed by atoms with E-state index < -0.39 is 0 Å². The maximum Gasteiger partial charge on any atom is 0.241 e. The van der Waals surface area contributed by atoms with E-state index in [1.54, 1.807) is 0 Å². The quantitative estimate of drug-likeness (QED) is 0.749. The summed E-state index contributed by atoms with van der Waals surface area (Å²) >= 11 is 0. The molecule has 2 aliphatic heterocycles. The molecule has 2 saturated heterocycles. The van der Waals surface area contributed by atoms with E-state index in [1.807, 2.05) is 36.2 Å². The Labute approximate surface area is 145 Å². The van der Waals surface area contributed by atoms with E-state index >= 15 is 0 Å². The molecule has 2 fully saturated rings. The van der Waals surface area contributed by atoms with Crippen LogP contribution < -0.4 is 9.64 Å². The van der Waals surface area contributed by atoms with Gasteiger partial charge in [-0.3, -0.25) is 9.69 Å². The molecule has 0 saturated carbocycles. The van der Waals surface area contributed by atoms with Gasteiger partial charge in [0.05, 0.1) is 13.2 Å². The first kappa shape index (κ1) is 17.2. The number of nitrogens with zero attached hydrogens (tertiary/aromatic N) is 3. The predicted octanol–water partition coefficient (Wildman–Crippen LogP) is 2.22. The molecule has 132 valence electrons. The molecular formula is C19H29N3O2. The number of likely N-dealkylation sites (tertiary alicyclic amines) is 1. The highest BCUT2D eigenvalue weighted by Gasteiger charge is 2.22. The van der Waals surface area contributed by atoms with Gasteiger partial charge >= 0.3 is 0 Å². The fraction of sp³-hybridized carbons (Fsp3) is 0.632. The number of carbonyl (C=O) groups excluding carboxylic acids is 1. The third-order valence-electron chi connectivity index (χ3n) is 5.11. The molecule has 2 aliphatic rings. The molecule has 5 nitrogen and oxygen atoms in total. The molecule has 0 aromatic heterocycles. The molecule has 0 N–H and O–H groups in total. The topological polar surface area (TPSA) is 36.0 Å². The van der Waals surface area contributed by atoms with Gasteiger partial charge in [-0.1, -0.05) is 0 Å². The molecule has 0 aliphatic carbocycles. The highest BCUT2D eigenvalue weighted by atomic mass is 16.5. The second-order valence-corrected chi connectivity index (χ2v) is 7.01. The summed E-state index contributed by atoms with van der Waals surface area (Å²) in [7, 11) is 1.98. The smallest absolute Gasteiger partial charge is 0.241 e. The Hall–Kier alpha value is -1.59. The lowest BCUT2D eigenvalue weighted by molar-refractivity contribution is -0.120. The summed E-state index contributed by atoms with van der Waals surface area (Å²) in [6, 6.07) is 8.64. The van der Waals surface area contributed by atoms with E-state index in [-0.39, 0.29) is 5.91 Å². The minimum absolute atomic E-state index is 0.164. The fourth-order valence-electron chi connectivity index (χ4n) is 3.57. The maximum atomic E-state index is 12.1. The lowest BCUT2D eigenvalue weighted by Crippen LogP contribution is -2.48. The third kappa shape index (κ3) is 4.28. The number of hydrogen-bond acceptors (Lipinski definition) is 4. The van der Waals surface area contributed by atoms with Crippen LogP contribution in [-0.4, -0.2) is 68.1 Å². The highest BCUT2D eigenvalue weighted by Crippen LogP contribution is 2.21. The van der Waals surface area contributed by atoms with Gasteiger partial charge in [-0.05, 0) is 64.0 Å². The lowest BCUT2D eigenvalue weighted by atomic mass is 10.2. The first-order chi connectivity index (χ1) is 11.6. The van der Waals surface area contributed by atoms with Crippen molar-refractivity contribution in [2.24, 2.45) is 0 Å². The average molecular weight is 331 g/mol. The molecule has 24 heavy (non-hydrogen) atoms. The minimum Gasteiger partial charge on any atom is -0.494 e. The van der Waals surface area contributed by atoms with E-state index in [9.17, 15) is 4.79 Å². The molecular weight excluding hydrogens is 302 g/mol. The first-order valence-electron chi connectivity index (χ1n) is 9.09. The number of benzene rings is 1. The molecule has 5 heteroatoms. The number of anilines is 1. The zero-order valence-electron chi connectivity index (χ0n) is 14.9. The Kier molecular flexibility index (Phi) is 5.74. The van der Waals surface area contributed by atoms with Gasteiger partial charge in [-0.15, -0.1) is 0 Å². The summed E-state index contributed by atoms with van der Waals surface area (Å²) in [5.74, 6) is 1.05. The zero-order chi connectivity index (χ0) is 16.9. The normalized spacial score (nSPS) is 23.0. The second kappa shape index (κ2) is 7.99. The minimum atomic E-state index is 0.164. The van der Waals surface area contributed by atoms with Gasteiger partial charge in [-0.25, -0.2) is 0 Å². The van der Waals surface area contributed by atoms with Crippen LogP contribution in [-0.2, 0) is 4.79 Å². The number of piperazine rings is 1. The van der Waals surface area contributed by atoms with Crippen LogP contribution in [0.15, 0.2) is 24.3 Å². The molecule has 1 aromatic rings. The lowest BCUT2D eigenvalue weighted by Gasteiger charge is -2.32. The largest absolute Gasteiger partial charge is 0.494 e. The van der Waals surface area contributed by atoms with Crippen molar-refractivity contribution in [2.75, 3.05) is 51.3 Å². The van der Waals surface area contributed by atoms with E-state index in [0.29, 0.717) is 6.54 Å². The van der Waals surface area contributed by atoms with Crippen molar-refractivity contribution in [2.45, 2.75) is 32.2 Å². The van der Waals surface area contributed by atoms with E-state index in [4.69, 9.17) is 4.74 Å². The van der Waals surface area contributed by atoms with Crippen molar-refractivity contribution in [1.29, 1.82) is 0 Å². The maximum absolute atomic E-state index is 12.1. The fourth-order valence-corrected chi connectivity index (χ4v) is 3.57. The Balaban J connectivity index is 1.44. The number of rotatable bonds is 6. The first-order valence-corrected chi connectivity index (χ1v) is 9.09. The van der Waals surface area contributed by atoms with Gasteiger partial charge < -0.3 is 14.5 Å². The van der Waals surface area contributed by atoms with E-state index in [0.717, 1.165) is 50.1 Å². The van der Waals surface area contributed by atoms with Crippen LogP contribution in [0.4, 0.5) is 5.69 Å². The number of likely N-dealkylation sites (N-methyl/N-ethyl adjacent to an activating group) is 1.